The highest BCUT2D eigenvalue weighted by molar-refractivity contribution is 5.94. The van der Waals surface area contributed by atoms with Crippen LogP contribution in [0.3, 0.4) is 0 Å². The van der Waals surface area contributed by atoms with E-state index in [-0.39, 0.29) is 17.9 Å². The van der Waals surface area contributed by atoms with Gasteiger partial charge in [-0.1, -0.05) is 11.2 Å². The van der Waals surface area contributed by atoms with Gasteiger partial charge in [-0.25, -0.2) is 8.78 Å². The molecule has 1 rings (SSSR count). The Bertz CT molecular complexity index is 464. The SMILES string of the molecule is NC(CCCNC(=O)c1cccc(F)c1F)=NO. The molecule has 0 aliphatic carbocycles. The molecule has 0 saturated heterocycles. The van der Waals surface area contributed by atoms with E-state index in [1.165, 1.54) is 12.1 Å². The highest BCUT2D eigenvalue weighted by Crippen LogP contribution is 2.10. The van der Waals surface area contributed by atoms with Gasteiger partial charge in [0.05, 0.1) is 5.56 Å². The minimum absolute atomic E-state index is 0.0428. The highest BCUT2D eigenvalue weighted by Gasteiger charge is 2.14. The van der Waals surface area contributed by atoms with Crippen molar-refractivity contribution in [3.63, 3.8) is 0 Å². The van der Waals surface area contributed by atoms with E-state index in [1.54, 1.807) is 0 Å². The summed E-state index contributed by atoms with van der Waals surface area (Å²) in [6, 6.07) is 3.38. The first-order chi connectivity index (χ1) is 8.56. The maximum Gasteiger partial charge on any atom is 0.254 e. The van der Waals surface area contributed by atoms with Crippen molar-refractivity contribution in [2.75, 3.05) is 6.54 Å². The number of benzene rings is 1. The topological polar surface area (TPSA) is 87.7 Å². The predicted molar refractivity (Wildman–Crippen MR) is 61.3 cm³/mol. The van der Waals surface area contributed by atoms with Crippen LogP contribution >= 0.6 is 0 Å². The maximum atomic E-state index is 13.2. The van der Waals surface area contributed by atoms with Gasteiger partial charge in [-0.3, -0.25) is 4.79 Å². The molecule has 1 aromatic rings. The summed E-state index contributed by atoms with van der Waals surface area (Å²) in [7, 11) is 0. The first-order valence-corrected chi connectivity index (χ1v) is 5.25. The number of halogens is 2. The van der Waals surface area contributed by atoms with Crippen molar-refractivity contribution in [1.82, 2.24) is 5.32 Å². The van der Waals surface area contributed by atoms with E-state index in [1.807, 2.05) is 0 Å². The van der Waals surface area contributed by atoms with Crippen LogP contribution in [-0.2, 0) is 0 Å². The van der Waals surface area contributed by atoms with Gasteiger partial charge in [-0.2, -0.15) is 0 Å². The van der Waals surface area contributed by atoms with Gasteiger partial charge in [0.15, 0.2) is 11.6 Å². The lowest BCUT2D eigenvalue weighted by Crippen LogP contribution is -2.26. The summed E-state index contributed by atoms with van der Waals surface area (Å²) in [6.45, 7) is 0.213. The third-order valence-corrected chi connectivity index (χ3v) is 2.22. The fourth-order valence-electron chi connectivity index (χ4n) is 1.30. The average Bonchev–Trinajstić information content (AvgIpc) is 2.37. The van der Waals surface area contributed by atoms with Crippen LogP contribution in [0.15, 0.2) is 23.4 Å². The zero-order chi connectivity index (χ0) is 13.5. The Balaban J connectivity index is 2.49. The molecule has 98 valence electrons. The lowest BCUT2D eigenvalue weighted by molar-refractivity contribution is 0.0948. The number of hydrogen-bond acceptors (Lipinski definition) is 3. The summed E-state index contributed by atoms with van der Waals surface area (Å²) >= 11 is 0. The number of hydrogen-bond donors (Lipinski definition) is 3. The predicted octanol–water partition coefficient (Wildman–Crippen LogP) is 1.22. The summed E-state index contributed by atoms with van der Waals surface area (Å²) < 4.78 is 26.1. The molecule has 0 aliphatic rings. The minimum atomic E-state index is -1.17. The summed E-state index contributed by atoms with van der Waals surface area (Å²) in [5.74, 6) is -2.90. The van der Waals surface area contributed by atoms with E-state index >= 15 is 0 Å². The number of rotatable bonds is 5. The smallest absolute Gasteiger partial charge is 0.254 e. The van der Waals surface area contributed by atoms with Gasteiger partial charge in [-0.15, -0.1) is 0 Å². The molecule has 0 bridgehead atoms. The Labute approximate surface area is 102 Å². The highest BCUT2D eigenvalue weighted by atomic mass is 19.2. The molecule has 0 heterocycles. The molecule has 1 aromatic carbocycles. The zero-order valence-electron chi connectivity index (χ0n) is 9.49. The molecule has 4 N–H and O–H groups in total. The van der Waals surface area contributed by atoms with Gasteiger partial charge >= 0.3 is 0 Å². The second-order valence-corrected chi connectivity index (χ2v) is 3.55. The van der Waals surface area contributed by atoms with Crippen LogP contribution in [0.2, 0.25) is 0 Å². The molecule has 7 heteroatoms. The van der Waals surface area contributed by atoms with Crippen molar-refractivity contribution in [1.29, 1.82) is 0 Å². The minimum Gasteiger partial charge on any atom is -0.409 e. The van der Waals surface area contributed by atoms with Crippen molar-refractivity contribution >= 4 is 11.7 Å². The van der Waals surface area contributed by atoms with Gasteiger partial charge in [0.25, 0.3) is 5.91 Å². The van der Waals surface area contributed by atoms with E-state index in [9.17, 15) is 13.6 Å². The number of oxime groups is 1. The molecule has 5 nitrogen and oxygen atoms in total. The van der Waals surface area contributed by atoms with Gasteiger partial charge in [0.2, 0.25) is 0 Å². The number of nitrogens with two attached hydrogens (primary N) is 1. The first-order valence-electron chi connectivity index (χ1n) is 5.25. The molecule has 0 fully saturated rings. The lowest BCUT2D eigenvalue weighted by Gasteiger charge is -2.06. The Morgan fingerprint density at radius 3 is 2.83 bits per heavy atom. The van der Waals surface area contributed by atoms with Crippen molar-refractivity contribution in [2.45, 2.75) is 12.8 Å². The second-order valence-electron chi connectivity index (χ2n) is 3.55. The normalized spacial score (nSPS) is 11.3. The quantitative estimate of drug-likeness (QED) is 0.244. The van der Waals surface area contributed by atoms with Crippen LogP contribution in [0.25, 0.3) is 0 Å². The van der Waals surface area contributed by atoms with Crippen molar-refractivity contribution in [2.24, 2.45) is 10.9 Å². The first kappa shape index (κ1) is 13.9. The van der Waals surface area contributed by atoms with E-state index < -0.39 is 17.5 Å². The molecule has 0 spiro atoms. The fourth-order valence-corrected chi connectivity index (χ4v) is 1.30. The van der Waals surface area contributed by atoms with Gasteiger partial charge < -0.3 is 16.3 Å². The fraction of sp³-hybridized carbons (Fsp3) is 0.273. The standard InChI is InChI=1S/C11H13F2N3O2/c12-8-4-1-3-7(10(8)13)11(17)15-6-2-5-9(14)16-18/h1,3-4,18H,2,5-6H2,(H2,14,16)(H,15,17). The number of amidine groups is 1. The Kier molecular flexibility index (Phi) is 5.04. The molecule has 0 aromatic heterocycles. The Morgan fingerprint density at radius 2 is 2.17 bits per heavy atom. The number of amides is 1. The van der Waals surface area contributed by atoms with Gasteiger partial charge in [0.1, 0.15) is 5.84 Å². The summed E-state index contributed by atoms with van der Waals surface area (Å²) in [5, 5.41) is 13.4. The Hall–Kier alpha value is -2.18. The third-order valence-electron chi connectivity index (χ3n) is 2.22. The van der Waals surface area contributed by atoms with Crippen molar-refractivity contribution in [3.8, 4) is 0 Å². The molecular formula is C11H13F2N3O2. The number of carbonyl (C=O) groups is 1. The van der Waals surface area contributed by atoms with Crippen LogP contribution in [0.1, 0.15) is 23.2 Å². The van der Waals surface area contributed by atoms with Gasteiger partial charge in [0, 0.05) is 13.0 Å². The van der Waals surface area contributed by atoms with Gasteiger partial charge in [-0.05, 0) is 18.6 Å². The lowest BCUT2D eigenvalue weighted by atomic mass is 10.2. The van der Waals surface area contributed by atoms with Crippen molar-refractivity contribution in [3.05, 3.63) is 35.4 Å². The number of carbonyl (C=O) groups excluding carboxylic acids is 1. The average molecular weight is 257 g/mol. The van der Waals surface area contributed by atoms with Crippen LogP contribution < -0.4 is 11.1 Å². The summed E-state index contributed by atoms with van der Waals surface area (Å²) in [5.41, 5.74) is 4.87. The molecule has 0 aliphatic heterocycles. The van der Waals surface area contributed by atoms with E-state index in [2.05, 4.69) is 10.5 Å². The third kappa shape index (κ3) is 3.69. The Morgan fingerprint density at radius 1 is 1.44 bits per heavy atom. The van der Waals surface area contributed by atoms with Crippen molar-refractivity contribution < 1.29 is 18.8 Å². The van der Waals surface area contributed by atoms with E-state index in [0.29, 0.717) is 12.8 Å². The second kappa shape index (κ2) is 6.53. The van der Waals surface area contributed by atoms with Crippen LogP contribution in [-0.4, -0.2) is 23.5 Å². The molecular weight excluding hydrogens is 244 g/mol. The maximum absolute atomic E-state index is 13.2. The summed E-state index contributed by atoms with van der Waals surface area (Å²) in [6.07, 6.45) is 0.723. The monoisotopic (exact) mass is 257 g/mol. The van der Waals surface area contributed by atoms with Crippen LogP contribution in [0, 0.1) is 11.6 Å². The van der Waals surface area contributed by atoms with E-state index in [0.717, 1.165) is 6.07 Å². The largest absolute Gasteiger partial charge is 0.409 e. The van der Waals surface area contributed by atoms with Crippen LogP contribution in [0.5, 0.6) is 0 Å². The zero-order valence-corrected chi connectivity index (χ0v) is 9.49. The number of nitrogens with one attached hydrogen (secondary N) is 1. The molecule has 0 atom stereocenters. The van der Waals surface area contributed by atoms with Crippen LogP contribution in [0.4, 0.5) is 8.78 Å². The molecule has 18 heavy (non-hydrogen) atoms. The van der Waals surface area contributed by atoms with E-state index in [4.69, 9.17) is 10.9 Å². The summed E-state index contributed by atoms with van der Waals surface area (Å²) in [4.78, 5) is 11.5. The molecule has 0 radical (unpaired) electrons. The molecule has 0 saturated carbocycles. The molecule has 0 unspecified atom stereocenters. The number of nitrogens with zero attached hydrogens (tertiary/aromatic N) is 1. The molecule has 1 amide bonds.